The van der Waals surface area contributed by atoms with Gasteiger partial charge in [0.1, 0.15) is 0 Å². The molecule has 1 aromatic carbocycles. The van der Waals surface area contributed by atoms with Crippen LogP contribution in [0.1, 0.15) is 41.3 Å². The molecule has 0 spiro atoms. The van der Waals surface area contributed by atoms with Crippen LogP contribution in [0.3, 0.4) is 0 Å². The summed E-state index contributed by atoms with van der Waals surface area (Å²) in [6.45, 7) is 10.2. The van der Waals surface area contributed by atoms with E-state index >= 15 is 0 Å². The molecule has 0 aliphatic carbocycles. The molecule has 2 heterocycles. The molecule has 0 unspecified atom stereocenters. The van der Waals surface area contributed by atoms with Gasteiger partial charge in [-0.1, -0.05) is 31.2 Å². The van der Waals surface area contributed by atoms with Crippen molar-refractivity contribution in [1.29, 1.82) is 0 Å². The highest BCUT2D eigenvalue weighted by Gasteiger charge is 2.14. The summed E-state index contributed by atoms with van der Waals surface area (Å²) in [4.78, 5) is 13.1. The zero-order valence-electron chi connectivity index (χ0n) is 17.2. The predicted molar refractivity (Wildman–Crippen MR) is 119 cm³/mol. The lowest BCUT2D eigenvalue weighted by Gasteiger charge is -2.28. The van der Waals surface area contributed by atoms with E-state index < -0.39 is 0 Å². The van der Waals surface area contributed by atoms with Crippen LogP contribution >= 0.6 is 11.3 Å². The molecule has 0 amide bonds. The first-order valence-corrected chi connectivity index (χ1v) is 11.3. The monoisotopic (exact) mass is 399 g/mol. The fraction of sp³-hybridized carbons (Fsp3) is 0.545. The zero-order chi connectivity index (χ0) is 19.6. The molecule has 0 saturated heterocycles. The summed E-state index contributed by atoms with van der Waals surface area (Å²) in [5.41, 5.74) is 3.00. The van der Waals surface area contributed by atoms with Crippen LogP contribution in [0.25, 0.3) is 0 Å². The van der Waals surface area contributed by atoms with Crippen molar-refractivity contribution >= 4 is 17.3 Å². The van der Waals surface area contributed by atoms with Crippen molar-refractivity contribution in [2.45, 2.75) is 46.1 Å². The molecule has 6 heteroatoms. The first kappa shape index (κ1) is 20.8. The van der Waals surface area contributed by atoms with Gasteiger partial charge in [-0.3, -0.25) is 9.89 Å². The number of rotatable bonds is 9. The number of hydrogen-bond donors (Lipinski definition) is 2. The lowest BCUT2D eigenvalue weighted by molar-refractivity contribution is 0.252. The third-order valence-electron chi connectivity index (χ3n) is 5.04. The number of guanidine groups is 1. The van der Waals surface area contributed by atoms with Crippen molar-refractivity contribution in [2.75, 3.05) is 32.7 Å². The van der Waals surface area contributed by atoms with Crippen LogP contribution in [0, 0.1) is 0 Å². The van der Waals surface area contributed by atoms with Gasteiger partial charge in [0.15, 0.2) is 5.96 Å². The van der Waals surface area contributed by atoms with E-state index in [1.807, 2.05) is 17.5 Å². The van der Waals surface area contributed by atoms with E-state index in [4.69, 9.17) is 4.99 Å². The molecule has 1 aromatic heterocycles. The van der Waals surface area contributed by atoms with E-state index in [-0.39, 0.29) is 0 Å². The summed E-state index contributed by atoms with van der Waals surface area (Å²) in [6, 6.07) is 8.82. The number of aryl methyl sites for hydroxylation is 1. The Morgan fingerprint density at radius 3 is 2.86 bits per heavy atom. The Labute approximate surface area is 173 Å². The molecule has 0 radical (unpaired) electrons. The molecule has 1 aliphatic heterocycles. The second kappa shape index (κ2) is 11.2. The molecule has 152 valence electrons. The van der Waals surface area contributed by atoms with E-state index in [9.17, 15) is 0 Å². The minimum absolute atomic E-state index is 0.852. The number of hydrogen-bond acceptors (Lipinski definition) is 4. The van der Waals surface area contributed by atoms with Gasteiger partial charge in [-0.05, 0) is 37.3 Å². The highest BCUT2D eigenvalue weighted by atomic mass is 32.1. The summed E-state index contributed by atoms with van der Waals surface area (Å²) in [5.74, 6) is 0.916. The lowest BCUT2D eigenvalue weighted by Crippen LogP contribution is -2.38. The number of aliphatic imine (C=N–C) groups is 1. The fourth-order valence-electron chi connectivity index (χ4n) is 3.49. The van der Waals surface area contributed by atoms with Gasteiger partial charge in [0.05, 0.1) is 5.01 Å². The van der Waals surface area contributed by atoms with E-state index in [1.54, 1.807) is 0 Å². The number of thiazole rings is 1. The van der Waals surface area contributed by atoms with Gasteiger partial charge < -0.3 is 10.6 Å². The standard InChI is InChI=1S/C22H33N5S/c1-3-20-16-26-21(28-20)10-13-25-22(23-4-2)24-12-7-14-27-15-11-18-8-5-6-9-19(18)17-27/h5-6,8-9,16H,3-4,7,10-15,17H2,1-2H3,(H2,23,24,25). The van der Waals surface area contributed by atoms with Crippen molar-refractivity contribution in [3.05, 3.63) is 51.5 Å². The molecule has 2 aromatic rings. The summed E-state index contributed by atoms with van der Waals surface area (Å²) < 4.78 is 0. The first-order chi connectivity index (χ1) is 13.8. The summed E-state index contributed by atoms with van der Waals surface area (Å²) in [5, 5.41) is 7.98. The van der Waals surface area contributed by atoms with E-state index in [2.05, 4.69) is 58.6 Å². The SMILES string of the molecule is CCNC(=NCCCN1CCc2ccccc2C1)NCCc1ncc(CC)s1. The molecule has 28 heavy (non-hydrogen) atoms. The Morgan fingerprint density at radius 2 is 2.07 bits per heavy atom. The topological polar surface area (TPSA) is 52.6 Å². The van der Waals surface area contributed by atoms with E-state index in [1.165, 1.54) is 27.4 Å². The van der Waals surface area contributed by atoms with Gasteiger partial charge in [0.25, 0.3) is 0 Å². The third kappa shape index (κ3) is 6.31. The third-order valence-corrected chi connectivity index (χ3v) is 6.24. The van der Waals surface area contributed by atoms with Crippen molar-refractivity contribution in [3.8, 4) is 0 Å². The molecule has 0 bridgehead atoms. The summed E-state index contributed by atoms with van der Waals surface area (Å²) >= 11 is 1.81. The van der Waals surface area contributed by atoms with Crippen LogP contribution in [0.2, 0.25) is 0 Å². The van der Waals surface area contributed by atoms with Crippen LogP contribution < -0.4 is 10.6 Å². The minimum atomic E-state index is 0.852. The van der Waals surface area contributed by atoms with Crippen molar-refractivity contribution in [1.82, 2.24) is 20.5 Å². The Morgan fingerprint density at radius 1 is 1.21 bits per heavy atom. The van der Waals surface area contributed by atoms with Gasteiger partial charge in [0.2, 0.25) is 0 Å². The Kier molecular flexibility index (Phi) is 8.30. The van der Waals surface area contributed by atoms with Crippen molar-refractivity contribution in [3.63, 3.8) is 0 Å². The second-order valence-corrected chi connectivity index (χ2v) is 8.36. The maximum atomic E-state index is 4.75. The highest BCUT2D eigenvalue weighted by Crippen LogP contribution is 2.18. The number of benzene rings is 1. The Hall–Kier alpha value is -1.92. The number of nitrogens with zero attached hydrogens (tertiary/aromatic N) is 3. The van der Waals surface area contributed by atoms with Crippen molar-refractivity contribution < 1.29 is 0 Å². The van der Waals surface area contributed by atoms with Gasteiger partial charge in [-0.2, -0.15) is 0 Å². The highest BCUT2D eigenvalue weighted by molar-refractivity contribution is 7.11. The lowest BCUT2D eigenvalue weighted by atomic mass is 10.00. The number of nitrogens with one attached hydrogen (secondary N) is 2. The molecule has 0 saturated carbocycles. The zero-order valence-corrected chi connectivity index (χ0v) is 18.0. The normalized spacial score (nSPS) is 14.7. The Bertz CT molecular complexity index is 755. The average molecular weight is 400 g/mol. The minimum Gasteiger partial charge on any atom is -0.357 e. The van der Waals surface area contributed by atoms with Crippen LogP contribution in [-0.4, -0.2) is 48.6 Å². The fourth-order valence-corrected chi connectivity index (χ4v) is 4.35. The smallest absolute Gasteiger partial charge is 0.191 e. The molecule has 1 aliphatic rings. The first-order valence-electron chi connectivity index (χ1n) is 10.5. The predicted octanol–water partition coefficient (Wildman–Crippen LogP) is 3.25. The van der Waals surface area contributed by atoms with Crippen LogP contribution in [-0.2, 0) is 25.8 Å². The second-order valence-electron chi connectivity index (χ2n) is 7.16. The Balaban J connectivity index is 1.38. The molecule has 0 atom stereocenters. The quantitative estimate of drug-likeness (QED) is 0.386. The molecule has 3 rings (SSSR count). The van der Waals surface area contributed by atoms with Gasteiger partial charge in [0, 0.05) is 56.8 Å². The van der Waals surface area contributed by atoms with Gasteiger partial charge in [-0.25, -0.2) is 4.98 Å². The molecule has 2 N–H and O–H groups in total. The summed E-state index contributed by atoms with van der Waals surface area (Å²) in [7, 11) is 0. The maximum absolute atomic E-state index is 4.75. The summed E-state index contributed by atoms with van der Waals surface area (Å²) in [6.07, 6.45) is 6.27. The number of fused-ring (bicyclic) bond motifs is 1. The maximum Gasteiger partial charge on any atom is 0.191 e. The molecular weight excluding hydrogens is 366 g/mol. The largest absolute Gasteiger partial charge is 0.357 e. The van der Waals surface area contributed by atoms with E-state index in [0.29, 0.717) is 0 Å². The van der Waals surface area contributed by atoms with Crippen molar-refractivity contribution in [2.24, 2.45) is 4.99 Å². The van der Waals surface area contributed by atoms with E-state index in [0.717, 1.165) is 64.5 Å². The molecule has 0 fully saturated rings. The average Bonchev–Trinajstić information content (AvgIpc) is 3.19. The molecular formula is C22H33N5S. The van der Waals surface area contributed by atoms with Crippen LogP contribution in [0.15, 0.2) is 35.5 Å². The van der Waals surface area contributed by atoms with Gasteiger partial charge in [-0.15, -0.1) is 11.3 Å². The van der Waals surface area contributed by atoms with Gasteiger partial charge >= 0.3 is 0 Å². The van der Waals surface area contributed by atoms with Crippen LogP contribution in [0.5, 0.6) is 0 Å². The van der Waals surface area contributed by atoms with Crippen LogP contribution in [0.4, 0.5) is 0 Å². The molecule has 5 nitrogen and oxygen atoms in total. The number of aromatic nitrogens is 1.